The van der Waals surface area contributed by atoms with Crippen LogP contribution in [-0.4, -0.2) is 37.0 Å². The van der Waals surface area contributed by atoms with Crippen LogP contribution in [0.25, 0.3) is 0 Å². The summed E-state index contributed by atoms with van der Waals surface area (Å²) in [6.45, 7) is 8.27. The standard InChI is InChI=1S/C16H25N3/c1-3-17-16(18-4-2)19-11-10-15(13-19)12-14-8-6-5-7-9-14/h5-9,15H,3-4,10-13H2,1-2H3,(H,17,18). The minimum atomic E-state index is 0.753. The van der Waals surface area contributed by atoms with Crippen molar-refractivity contribution in [1.82, 2.24) is 10.2 Å². The molecule has 1 aliphatic heterocycles. The molecule has 1 fully saturated rings. The van der Waals surface area contributed by atoms with Crippen LogP contribution in [0.15, 0.2) is 35.3 Å². The minimum Gasteiger partial charge on any atom is -0.357 e. The van der Waals surface area contributed by atoms with Gasteiger partial charge in [0.2, 0.25) is 0 Å². The Hall–Kier alpha value is -1.51. The summed E-state index contributed by atoms with van der Waals surface area (Å²) in [7, 11) is 0. The van der Waals surface area contributed by atoms with Gasteiger partial charge in [-0.15, -0.1) is 0 Å². The molecule has 1 aliphatic rings. The molecule has 1 heterocycles. The van der Waals surface area contributed by atoms with Crippen molar-refractivity contribution < 1.29 is 0 Å². The van der Waals surface area contributed by atoms with E-state index in [0.717, 1.165) is 38.1 Å². The molecule has 1 aromatic rings. The molecule has 1 unspecified atom stereocenters. The molecular weight excluding hydrogens is 234 g/mol. The van der Waals surface area contributed by atoms with E-state index < -0.39 is 0 Å². The Morgan fingerprint density at radius 2 is 2.11 bits per heavy atom. The van der Waals surface area contributed by atoms with Crippen LogP contribution in [0.3, 0.4) is 0 Å². The number of benzene rings is 1. The highest BCUT2D eigenvalue weighted by Crippen LogP contribution is 2.20. The lowest BCUT2D eigenvalue weighted by Gasteiger charge is -2.21. The largest absolute Gasteiger partial charge is 0.357 e. The number of likely N-dealkylation sites (tertiary alicyclic amines) is 1. The van der Waals surface area contributed by atoms with Crippen molar-refractivity contribution in [2.45, 2.75) is 26.7 Å². The van der Waals surface area contributed by atoms with E-state index in [-0.39, 0.29) is 0 Å². The number of aliphatic imine (C=N–C) groups is 1. The maximum Gasteiger partial charge on any atom is 0.193 e. The van der Waals surface area contributed by atoms with Gasteiger partial charge in [-0.2, -0.15) is 0 Å². The van der Waals surface area contributed by atoms with Crippen LogP contribution in [0.2, 0.25) is 0 Å². The summed E-state index contributed by atoms with van der Waals surface area (Å²) in [5.74, 6) is 1.84. The first kappa shape index (κ1) is 13.9. The Morgan fingerprint density at radius 3 is 2.79 bits per heavy atom. The second kappa shape index (κ2) is 7.17. The van der Waals surface area contributed by atoms with Crippen molar-refractivity contribution in [2.75, 3.05) is 26.2 Å². The zero-order chi connectivity index (χ0) is 13.5. The fraction of sp³-hybridized carbons (Fsp3) is 0.562. The maximum absolute atomic E-state index is 4.57. The molecule has 1 saturated heterocycles. The second-order valence-corrected chi connectivity index (χ2v) is 5.12. The van der Waals surface area contributed by atoms with E-state index in [4.69, 9.17) is 0 Å². The second-order valence-electron chi connectivity index (χ2n) is 5.12. The molecule has 0 amide bonds. The first-order valence-electron chi connectivity index (χ1n) is 7.40. The van der Waals surface area contributed by atoms with Gasteiger partial charge in [-0.3, -0.25) is 4.99 Å². The van der Waals surface area contributed by atoms with Gasteiger partial charge in [0.25, 0.3) is 0 Å². The first-order chi connectivity index (χ1) is 9.33. The summed E-state index contributed by atoms with van der Waals surface area (Å²) >= 11 is 0. The van der Waals surface area contributed by atoms with Crippen molar-refractivity contribution in [3.63, 3.8) is 0 Å². The summed E-state index contributed by atoms with van der Waals surface area (Å²) in [4.78, 5) is 6.97. The van der Waals surface area contributed by atoms with E-state index in [2.05, 4.69) is 59.4 Å². The third kappa shape index (κ3) is 3.98. The van der Waals surface area contributed by atoms with E-state index in [0.29, 0.717) is 0 Å². The molecule has 0 bridgehead atoms. The van der Waals surface area contributed by atoms with Gasteiger partial charge >= 0.3 is 0 Å². The molecule has 0 aromatic heterocycles. The molecular formula is C16H25N3. The van der Waals surface area contributed by atoms with Crippen molar-refractivity contribution in [3.05, 3.63) is 35.9 Å². The maximum atomic E-state index is 4.57. The predicted octanol–water partition coefficient (Wildman–Crippen LogP) is 2.54. The van der Waals surface area contributed by atoms with Crippen LogP contribution in [-0.2, 0) is 6.42 Å². The number of nitrogens with zero attached hydrogens (tertiary/aromatic N) is 2. The van der Waals surface area contributed by atoms with Crippen LogP contribution in [0.4, 0.5) is 0 Å². The smallest absolute Gasteiger partial charge is 0.193 e. The third-order valence-corrected chi connectivity index (χ3v) is 3.60. The van der Waals surface area contributed by atoms with Crippen LogP contribution in [0.5, 0.6) is 0 Å². The van der Waals surface area contributed by atoms with Gasteiger partial charge in [0, 0.05) is 26.2 Å². The van der Waals surface area contributed by atoms with Gasteiger partial charge in [-0.05, 0) is 38.2 Å². The number of hydrogen-bond acceptors (Lipinski definition) is 1. The highest BCUT2D eigenvalue weighted by molar-refractivity contribution is 5.80. The molecule has 3 nitrogen and oxygen atoms in total. The molecule has 1 N–H and O–H groups in total. The number of hydrogen-bond donors (Lipinski definition) is 1. The summed E-state index contributed by atoms with van der Waals surface area (Å²) in [5, 5.41) is 3.39. The van der Waals surface area contributed by atoms with Crippen LogP contribution >= 0.6 is 0 Å². The summed E-state index contributed by atoms with van der Waals surface area (Å²) in [5.41, 5.74) is 1.45. The van der Waals surface area contributed by atoms with Gasteiger partial charge in [0.15, 0.2) is 5.96 Å². The summed E-state index contributed by atoms with van der Waals surface area (Å²) in [6, 6.07) is 10.8. The van der Waals surface area contributed by atoms with Gasteiger partial charge in [0.05, 0.1) is 0 Å². The van der Waals surface area contributed by atoms with Gasteiger partial charge in [-0.25, -0.2) is 0 Å². The summed E-state index contributed by atoms with van der Waals surface area (Å²) < 4.78 is 0. The third-order valence-electron chi connectivity index (χ3n) is 3.60. The molecule has 1 aromatic carbocycles. The minimum absolute atomic E-state index is 0.753. The van der Waals surface area contributed by atoms with Crippen LogP contribution < -0.4 is 5.32 Å². The topological polar surface area (TPSA) is 27.6 Å². The van der Waals surface area contributed by atoms with Crippen molar-refractivity contribution in [3.8, 4) is 0 Å². The van der Waals surface area contributed by atoms with Crippen LogP contribution in [0, 0.1) is 5.92 Å². The Labute approximate surface area is 116 Å². The molecule has 0 spiro atoms. The SMILES string of the molecule is CCN=C(NCC)N1CCC(Cc2ccccc2)C1. The Kier molecular flexibility index (Phi) is 5.25. The molecule has 0 saturated carbocycles. The average molecular weight is 259 g/mol. The molecule has 0 radical (unpaired) electrons. The van der Waals surface area contributed by atoms with E-state index in [1.807, 2.05) is 0 Å². The predicted molar refractivity (Wildman–Crippen MR) is 81.5 cm³/mol. The number of nitrogens with one attached hydrogen (secondary N) is 1. The lowest BCUT2D eigenvalue weighted by molar-refractivity contribution is 0.460. The zero-order valence-corrected chi connectivity index (χ0v) is 12.1. The fourth-order valence-electron chi connectivity index (χ4n) is 2.71. The molecule has 19 heavy (non-hydrogen) atoms. The monoisotopic (exact) mass is 259 g/mol. The highest BCUT2D eigenvalue weighted by atomic mass is 15.3. The average Bonchev–Trinajstić information content (AvgIpc) is 2.88. The van der Waals surface area contributed by atoms with Gasteiger partial charge in [0.1, 0.15) is 0 Å². The summed E-state index contributed by atoms with van der Waals surface area (Å²) in [6.07, 6.45) is 2.45. The first-order valence-corrected chi connectivity index (χ1v) is 7.40. The van der Waals surface area contributed by atoms with Crippen molar-refractivity contribution in [2.24, 2.45) is 10.9 Å². The van der Waals surface area contributed by atoms with E-state index in [1.165, 1.54) is 18.4 Å². The fourth-order valence-corrected chi connectivity index (χ4v) is 2.71. The Bertz CT molecular complexity index is 400. The van der Waals surface area contributed by atoms with Gasteiger partial charge < -0.3 is 10.2 Å². The highest BCUT2D eigenvalue weighted by Gasteiger charge is 2.24. The molecule has 104 valence electrons. The number of guanidine groups is 1. The molecule has 3 heteroatoms. The van der Waals surface area contributed by atoms with Crippen molar-refractivity contribution in [1.29, 1.82) is 0 Å². The van der Waals surface area contributed by atoms with Crippen molar-refractivity contribution >= 4 is 5.96 Å². The molecule has 0 aliphatic carbocycles. The molecule has 1 atom stereocenters. The molecule has 2 rings (SSSR count). The van der Waals surface area contributed by atoms with E-state index in [9.17, 15) is 0 Å². The lowest BCUT2D eigenvalue weighted by Crippen LogP contribution is -2.40. The normalized spacial score (nSPS) is 19.8. The van der Waals surface area contributed by atoms with E-state index >= 15 is 0 Å². The quantitative estimate of drug-likeness (QED) is 0.664. The Morgan fingerprint density at radius 1 is 1.32 bits per heavy atom. The van der Waals surface area contributed by atoms with Gasteiger partial charge in [-0.1, -0.05) is 30.3 Å². The van der Waals surface area contributed by atoms with Crippen LogP contribution in [0.1, 0.15) is 25.8 Å². The van der Waals surface area contributed by atoms with E-state index in [1.54, 1.807) is 0 Å². The zero-order valence-electron chi connectivity index (χ0n) is 12.1. The number of rotatable bonds is 4. The lowest BCUT2D eigenvalue weighted by atomic mass is 9.99. The Balaban J connectivity index is 1.90.